The number of hydrogen-bond acceptors (Lipinski definition) is 4. The molecule has 0 spiro atoms. The molecule has 1 aliphatic rings. The van der Waals surface area contributed by atoms with Gasteiger partial charge in [-0.05, 0) is 38.6 Å². The van der Waals surface area contributed by atoms with Gasteiger partial charge in [-0.1, -0.05) is 34.1 Å². The van der Waals surface area contributed by atoms with Gasteiger partial charge in [-0.15, -0.1) is 0 Å². The summed E-state index contributed by atoms with van der Waals surface area (Å²) in [4.78, 5) is 4.56. The van der Waals surface area contributed by atoms with Crippen LogP contribution in [0.15, 0.2) is 28.7 Å². The third kappa shape index (κ3) is 4.76. The van der Waals surface area contributed by atoms with Gasteiger partial charge in [0.2, 0.25) is 0 Å². The van der Waals surface area contributed by atoms with Crippen molar-refractivity contribution in [1.29, 1.82) is 0 Å². The van der Waals surface area contributed by atoms with Crippen LogP contribution in [0.2, 0.25) is 0 Å². The highest BCUT2D eigenvalue weighted by molar-refractivity contribution is 9.10. The summed E-state index contributed by atoms with van der Waals surface area (Å²) in [6.07, 6.45) is 1.57. The van der Waals surface area contributed by atoms with Crippen molar-refractivity contribution in [1.82, 2.24) is 9.80 Å². The van der Waals surface area contributed by atoms with E-state index in [1.165, 1.54) is 0 Å². The minimum absolute atomic E-state index is 0.0262. The molecule has 21 heavy (non-hydrogen) atoms. The van der Waals surface area contributed by atoms with Crippen LogP contribution in [0.25, 0.3) is 0 Å². The topological polar surface area (TPSA) is 52.7 Å². The molecule has 1 heterocycles. The molecule has 1 aromatic carbocycles. The molecule has 0 bridgehead atoms. The molecule has 1 aliphatic heterocycles. The highest BCUT2D eigenvalue weighted by Gasteiger charge is 2.31. The number of aliphatic hydroxyl groups is 1. The van der Waals surface area contributed by atoms with Crippen molar-refractivity contribution >= 4 is 15.9 Å². The molecule has 0 radical (unpaired) electrons. The lowest BCUT2D eigenvalue weighted by atomic mass is 10.0. The molecule has 118 valence electrons. The van der Waals surface area contributed by atoms with Gasteiger partial charge in [0.1, 0.15) is 0 Å². The summed E-state index contributed by atoms with van der Waals surface area (Å²) in [7, 11) is 4.16. The Hall–Kier alpha value is -0.460. The van der Waals surface area contributed by atoms with E-state index in [-0.39, 0.29) is 12.1 Å². The third-order valence-corrected chi connectivity index (χ3v) is 4.84. The molecule has 1 fully saturated rings. The van der Waals surface area contributed by atoms with Crippen LogP contribution in [0.3, 0.4) is 0 Å². The number of aliphatic hydroxyl groups excluding tert-OH is 1. The average Bonchev–Trinajstić information content (AvgIpc) is 2.75. The molecule has 1 saturated heterocycles. The van der Waals surface area contributed by atoms with Crippen LogP contribution in [0, 0.1) is 0 Å². The predicted octanol–water partition coefficient (Wildman–Crippen LogP) is 1.84. The normalized spacial score (nSPS) is 24.7. The second-order valence-corrected chi connectivity index (χ2v) is 7.07. The van der Waals surface area contributed by atoms with Crippen LogP contribution >= 0.6 is 15.9 Å². The zero-order valence-corrected chi connectivity index (χ0v) is 14.5. The van der Waals surface area contributed by atoms with Crippen molar-refractivity contribution < 1.29 is 5.11 Å². The van der Waals surface area contributed by atoms with Gasteiger partial charge in [0, 0.05) is 36.2 Å². The number of likely N-dealkylation sites (N-methyl/N-ethyl adjacent to an activating group) is 1. The van der Waals surface area contributed by atoms with Crippen molar-refractivity contribution in [2.75, 3.05) is 33.7 Å². The molecular formula is C16H26BrN3O. The molecule has 3 atom stereocenters. The average molecular weight is 356 g/mol. The summed E-state index contributed by atoms with van der Waals surface area (Å²) < 4.78 is 1.07. The Labute approximate surface area is 136 Å². The van der Waals surface area contributed by atoms with E-state index >= 15 is 0 Å². The smallest absolute Gasteiger partial charge is 0.0682 e. The summed E-state index contributed by atoms with van der Waals surface area (Å²) in [6.45, 7) is 2.68. The van der Waals surface area contributed by atoms with Gasteiger partial charge in [0.15, 0.2) is 0 Å². The molecule has 0 amide bonds. The Bertz CT molecular complexity index is 455. The van der Waals surface area contributed by atoms with Crippen molar-refractivity contribution in [2.24, 2.45) is 5.73 Å². The Kier molecular flexibility index (Phi) is 6.20. The van der Waals surface area contributed by atoms with Gasteiger partial charge < -0.3 is 15.7 Å². The minimum Gasteiger partial charge on any atom is -0.392 e. The van der Waals surface area contributed by atoms with Crippen LogP contribution in [0.4, 0.5) is 0 Å². The number of nitrogens with zero attached hydrogens (tertiary/aromatic N) is 2. The van der Waals surface area contributed by atoms with Crippen molar-refractivity contribution in [3.8, 4) is 0 Å². The molecule has 0 aliphatic carbocycles. The zero-order valence-electron chi connectivity index (χ0n) is 12.9. The fraction of sp³-hybridized carbons (Fsp3) is 0.625. The maximum Gasteiger partial charge on any atom is 0.0682 e. The van der Waals surface area contributed by atoms with Gasteiger partial charge in [-0.3, -0.25) is 4.90 Å². The first kappa shape index (κ1) is 16.9. The molecule has 0 aromatic heterocycles. The number of rotatable bonds is 6. The van der Waals surface area contributed by atoms with Crippen LogP contribution in [0.5, 0.6) is 0 Å². The highest BCUT2D eigenvalue weighted by atomic mass is 79.9. The van der Waals surface area contributed by atoms with E-state index in [1.807, 2.05) is 18.2 Å². The van der Waals surface area contributed by atoms with E-state index in [0.29, 0.717) is 6.04 Å². The molecule has 5 heteroatoms. The zero-order chi connectivity index (χ0) is 15.4. The number of β-amino-alcohol motifs (C(OH)–C–C–N with tert-alkyl or cyclic N) is 1. The van der Waals surface area contributed by atoms with Gasteiger partial charge >= 0.3 is 0 Å². The second-order valence-electron chi connectivity index (χ2n) is 6.22. The van der Waals surface area contributed by atoms with Crippen molar-refractivity contribution in [3.63, 3.8) is 0 Å². The van der Waals surface area contributed by atoms with Crippen LogP contribution in [-0.2, 0) is 0 Å². The maximum absolute atomic E-state index is 9.91. The summed E-state index contributed by atoms with van der Waals surface area (Å²) in [5.41, 5.74) is 7.48. The lowest BCUT2D eigenvalue weighted by Gasteiger charge is -2.27. The summed E-state index contributed by atoms with van der Waals surface area (Å²) >= 11 is 3.56. The Morgan fingerprint density at radius 1 is 1.43 bits per heavy atom. The molecular weight excluding hydrogens is 330 g/mol. The minimum atomic E-state index is -0.199. The number of halogens is 1. The SMILES string of the molecule is CN(C)CC1CC(O)CN1CCC(N)c1ccccc1Br. The molecule has 1 aromatic rings. The summed E-state index contributed by atoms with van der Waals surface area (Å²) in [6, 6.07) is 8.59. The van der Waals surface area contributed by atoms with Crippen molar-refractivity contribution in [2.45, 2.75) is 31.0 Å². The fourth-order valence-electron chi connectivity index (χ4n) is 3.08. The Balaban J connectivity index is 1.90. The molecule has 3 N–H and O–H groups in total. The van der Waals surface area contributed by atoms with E-state index in [0.717, 1.165) is 42.5 Å². The molecule has 2 rings (SSSR count). The molecule has 0 saturated carbocycles. The second kappa shape index (κ2) is 7.70. The van der Waals surface area contributed by atoms with E-state index in [1.54, 1.807) is 0 Å². The van der Waals surface area contributed by atoms with E-state index < -0.39 is 0 Å². The number of benzene rings is 1. The van der Waals surface area contributed by atoms with E-state index in [4.69, 9.17) is 5.73 Å². The first-order chi connectivity index (χ1) is 9.97. The summed E-state index contributed by atoms with van der Waals surface area (Å²) in [5.74, 6) is 0. The summed E-state index contributed by atoms with van der Waals surface area (Å²) in [5, 5.41) is 9.91. The van der Waals surface area contributed by atoms with Crippen LogP contribution < -0.4 is 5.73 Å². The van der Waals surface area contributed by atoms with Gasteiger partial charge in [-0.2, -0.15) is 0 Å². The first-order valence-electron chi connectivity index (χ1n) is 7.54. The molecule has 3 unspecified atom stereocenters. The Morgan fingerprint density at radius 2 is 2.14 bits per heavy atom. The van der Waals surface area contributed by atoms with Crippen LogP contribution in [-0.4, -0.2) is 60.8 Å². The third-order valence-electron chi connectivity index (χ3n) is 4.11. The lowest BCUT2D eigenvalue weighted by molar-refractivity contribution is 0.170. The fourth-order valence-corrected chi connectivity index (χ4v) is 3.66. The quantitative estimate of drug-likeness (QED) is 0.817. The van der Waals surface area contributed by atoms with Gasteiger partial charge in [-0.25, -0.2) is 0 Å². The standard InChI is InChI=1S/C16H26BrN3O/c1-19(2)10-12-9-13(21)11-20(12)8-7-16(18)14-5-3-4-6-15(14)17/h3-6,12-13,16,21H,7-11,18H2,1-2H3. The molecule has 4 nitrogen and oxygen atoms in total. The van der Waals surface area contributed by atoms with Gasteiger partial charge in [0.05, 0.1) is 6.10 Å². The largest absolute Gasteiger partial charge is 0.392 e. The van der Waals surface area contributed by atoms with Gasteiger partial charge in [0.25, 0.3) is 0 Å². The number of hydrogen-bond donors (Lipinski definition) is 2. The van der Waals surface area contributed by atoms with Crippen molar-refractivity contribution in [3.05, 3.63) is 34.3 Å². The van der Waals surface area contributed by atoms with E-state index in [9.17, 15) is 5.11 Å². The maximum atomic E-state index is 9.91. The predicted molar refractivity (Wildman–Crippen MR) is 90.2 cm³/mol. The highest BCUT2D eigenvalue weighted by Crippen LogP contribution is 2.25. The monoisotopic (exact) mass is 355 g/mol. The Morgan fingerprint density at radius 3 is 2.81 bits per heavy atom. The number of likely N-dealkylation sites (tertiary alicyclic amines) is 1. The number of nitrogens with two attached hydrogens (primary N) is 1. The first-order valence-corrected chi connectivity index (χ1v) is 8.33. The van der Waals surface area contributed by atoms with E-state index in [2.05, 4.69) is 45.9 Å². The van der Waals surface area contributed by atoms with Crippen LogP contribution in [0.1, 0.15) is 24.4 Å². The lowest BCUT2D eigenvalue weighted by Crippen LogP contribution is -2.38.